The van der Waals surface area contributed by atoms with Crippen LogP contribution in [0.15, 0.2) is 16.5 Å². The van der Waals surface area contributed by atoms with E-state index in [0.29, 0.717) is 5.89 Å². The zero-order valence-electron chi connectivity index (χ0n) is 16.0. The molecule has 2 N–H and O–H groups in total. The van der Waals surface area contributed by atoms with Crippen LogP contribution in [0.1, 0.15) is 35.4 Å². The first-order valence-electron chi connectivity index (χ1n) is 9.03. The molecule has 0 spiro atoms. The molecule has 0 atom stereocenters. The Morgan fingerprint density at radius 1 is 1.27 bits per heavy atom. The second kappa shape index (κ2) is 7.50. The molecule has 3 rings (SSSR count). The van der Waals surface area contributed by atoms with E-state index in [4.69, 9.17) is 19.9 Å². The number of likely N-dealkylation sites (tertiary alicyclic amines) is 1. The molecular weight excluding hydrogens is 330 g/mol. The molecule has 2 aromatic rings. The van der Waals surface area contributed by atoms with Crippen molar-refractivity contribution >= 4 is 5.91 Å². The van der Waals surface area contributed by atoms with E-state index in [1.165, 1.54) is 0 Å². The fraction of sp³-hybridized carbons (Fsp3) is 0.500. The van der Waals surface area contributed by atoms with Gasteiger partial charge < -0.3 is 14.9 Å². The maximum atomic E-state index is 11.3. The van der Waals surface area contributed by atoms with Gasteiger partial charge in [-0.2, -0.15) is 0 Å². The summed E-state index contributed by atoms with van der Waals surface area (Å²) in [6, 6.07) is 3.94. The van der Waals surface area contributed by atoms with E-state index in [1.807, 2.05) is 26.0 Å². The van der Waals surface area contributed by atoms with Crippen LogP contribution in [0.2, 0.25) is 0 Å². The van der Waals surface area contributed by atoms with Crippen LogP contribution < -0.4 is 10.5 Å². The SMILES string of the molecule is COc1ccc(-c2nc(CN3CCC(C(N)=O)CC3)c(C)o2)c(C)c1C. The molecule has 0 aliphatic carbocycles. The van der Waals surface area contributed by atoms with Gasteiger partial charge in [0, 0.05) is 18.0 Å². The van der Waals surface area contributed by atoms with Gasteiger partial charge in [0.2, 0.25) is 11.8 Å². The molecule has 1 aromatic carbocycles. The lowest BCUT2D eigenvalue weighted by Gasteiger charge is -2.29. The Morgan fingerprint density at radius 2 is 1.96 bits per heavy atom. The smallest absolute Gasteiger partial charge is 0.226 e. The van der Waals surface area contributed by atoms with Crippen LogP contribution in [0, 0.1) is 26.7 Å². The van der Waals surface area contributed by atoms with Crippen molar-refractivity contribution in [3.8, 4) is 17.2 Å². The van der Waals surface area contributed by atoms with E-state index < -0.39 is 0 Å². The number of primary amides is 1. The molecule has 1 saturated heterocycles. The second-order valence-corrected chi connectivity index (χ2v) is 7.04. The zero-order valence-corrected chi connectivity index (χ0v) is 16.0. The molecule has 6 nitrogen and oxygen atoms in total. The van der Waals surface area contributed by atoms with Crippen LogP contribution in [0.25, 0.3) is 11.5 Å². The number of hydrogen-bond donors (Lipinski definition) is 1. The number of aryl methyl sites for hydroxylation is 1. The highest BCUT2D eigenvalue weighted by atomic mass is 16.5. The van der Waals surface area contributed by atoms with Gasteiger partial charge in [0.05, 0.1) is 12.8 Å². The number of hydrogen-bond acceptors (Lipinski definition) is 5. The van der Waals surface area contributed by atoms with Gasteiger partial charge in [-0.05, 0) is 70.0 Å². The van der Waals surface area contributed by atoms with Gasteiger partial charge in [-0.15, -0.1) is 0 Å². The van der Waals surface area contributed by atoms with Crippen LogP contribution in [-0.4, -0.2) is 36.0 Å². The summed E-state index contributed by atoms with van der Waals surface area (Å²) in [6.45, 7) is 8.49. The van der Waals surface area contributed by atoms with Crippen LogP contribution >= 0.6 is 0 Å². The highest BCUT2D eigenvalue weighted by molar-refractivity contribution is 5.76. The van der Waals surface area contributed by atoms with Gasteiger partial charge >= 0.3 is 0 Å². The summed E-state index contributed by atoms with van der Waals surface area (Å²) >= 11 is 0. The fourth-order valence-corrected chi connectivity index (χ4v) is 3.53. The molecule has 2 heterocycles. The highest BCUT2D eigenvalue weighted by Gasteiger charge is 2.24. The van der Waals surface area contributed by atoms with Crippen molar-refractivity contribution in [1.82, 2.24) is 9.88 Å². The van der Waals surface area contributed by atoms with Crippen molar-refractivity contribution in [2.45, 2.75) is 40.2 Å². The number of ether oxygens (including phenoxy) is 1. The Bertz CT molecular complexity index is 805. The van der Waals surface area contributed by atoms with E-state index >= 15 is 0 Å². The molecule has 0 bridgehead atoms. The largest absolute Gasteiger partial charge is 0.496 e. The Kier molecular flexibility index (Phi) is 5.32. The average Bonchev–Trinajstić information content (AvgIpc) is 2.98. The maximum Gasteiger partial charge on any atom is 0.226 e. The van der Waals surface area contributed by atoms with Crippen LogP contribution in [0.4, 0.5) is 0 Å². The summed E-state index contributed by atoms with van der Waals surface area (Å²) in [5, 5.41) is 0. The molecule has 0 saturated carbocycles. The number of rotatable bonds is 5. The summed E-state index contributed by atoms with van der Waals surface area (Å²) in [5.74, 6) is 2.17. The van der Waals surface area contributed by atoms with Gasteiger partial charge in [-0.25, -0.2) is 4.98 Å². The number of oxazole rings is 1. The molecular formula is C20H27N3O3. The van der Waals surface area contributed by atoms with Crippen molar-refractivity contribution in [1.29, 1.82) is 0 Å². The summed E-state index contributed by atoms with van der Waals surface area (Å²) in [6.07, 6.45) is 1.63. The first-order chi connectivity index (χ1) is 12.4. The lowest BCUT2D eigenvalue weighted by molar-refractivity contribution is -0.123. The Balaban J connectivity index is 1.76. The number of carbonyl (C=O) groups excluding carboxylic acids is 1. The van der Waals surface area contributed by atoms with Gasteiger partial charge in [0.1, 0.15) is 11.5 Å². The van der Waals surface area contributed by atoms with E-state index in [2.05, 4.69) is 11.8 Å². The molecule has 6 heteroatoms. The highest BCUT2D eigenvalue weighted by Crippen LogP contribution is 2.32. The normalized spacial score (nSPS) is 16.0. The zero-order chi connectivity index (χ0) is 18.8. The molecule has 0 unspecified atom stereocenters. The summed E-state index contributed by atoms with van der Waals surface area (Å²) in [4.78, 5) is 18.4. The van der Waals surface area contributed by atoms with Crippen LogP contribution in [0.3, 0.4) is 0 Å². The molecule has 1 amide bonds. The third-order valence-corrected chi connectivity index (χ3v) is 5.44. The predicted molar refractivity (Wildman–Crippen MR) is 99.9 cm³/mol. The monoisotopic (exact) mass is 357 g/mol. The number of piperidine rings is 1. The van der Waals surface area contributed by atoms with Gasteiger partial charge in [-0.3, -0.25) is 9.69 Å². The van der Waals surface area contributed by atoms with Crippen molar-refractivity contribution in [2.24, 2.45) is 11.7 Å². The molecule has 1 aliphatic heterocycles. The van der Waals surface area contributed by atoms with Crippen molar-refractivity contribution in [3.05, 3.63) is 34.7 Å². The number of benzene rings is 1. The van der Waals surface area contributed by atoms with Gasteiger partial charge in [0.25, 0.3) is 0 Å². The molecule has 26 heavy (non-hydrogen) atoms. The van der Waals surface area contributed by atoms with Gasteiger partial charge in [-0.1, -0.05) is 0 Å². The van der Waals surface area contributed by atoms with Crippen LogP contribution in [0.5, 0.6) is 5.75 Å². The topological polar surface area (TPSA) is 81.6 Å². The minimum Gasteiger partial charge on any atom is -0.496 e. The number of nitrogens with two attached hydrogens (primary N) is 1. The Labute approximate surface area is 154 Å². The summed E-state index contributed by atoms with van der Waals surface area (Å²) in [7, 11) is 1.68. The quantitative estimate of drug-likeness (QED) is 0.890. The Hall–Kier alpha value is -2.34. The fourth-order valence-electron chi connectivity index (χ4n) is 3.53. The molecule has 140 valence electrons. The first-order valence-corrected chi connectivity index (χ1v) is 9.03. The van der Waals surface area contributed by atoms with E-state index in [9.17, 15) is 4.79 Å². The van der Waals surface area contributed by atoms with Crippen molar-refractivity contribution in [2.75, 3.05) is 20.2 Å². The van der Waals surface area contributed by atoms with Gasteiger partial charge in [0.15, 0.2) is 0 Å². The lowest BCUT2D eigenvalue weighted by Crippen LogP contribution is -2.38. The number of methoxy groups -OCH3 is 1. The maximum absolute atomic E-state index is 11.3. The van der Waals surface area contributed by atoms with Crippen LogP contribution in [-0.2, 0) is 11.3 Å². The molecule has 0 radical (unpaired) electrons. The number of amides is 1. The average molecular weight is 357 g/mol. The van der Waals surface area contributed by atoms with Crippen molar-refractivity contribution < 1.29 is 13.9 Å². The third-order valence-electron chi connectivity index (χ3n) is 5.44. The van der Waals surface area contributed by atoms with E-state index in [-0.39, 0.29) is 11.8 Å². The minimum atomic E-state index is -0.185. The van der Waals surface area contributed by atoms with Crippen molar-refractivity contribution in [3.63, 3.8) is 0 Å². The third kappa shape index (κ3) is 3.60. The lowest BCUT2D eigenvalue weighted by atomic mass is 9.96. The number of aromatic nitrogens is 1. The van der Waals surface area contributed by atoms with E-state index in [0.717, 1.165) is 66.4 Å². The Morgan fingerprint density at radius 3 is 2.58 bits per heavy atom. The second-order valence-electron chi connectivity index (χ2n) is 7.04. The molecule has 1 aromatic heterocycles. The summed E-state index contributed by atoms with van der Waals surface area (Å²) in [5.41, 5.74) is 9.55. The first kappa shape index (κ1) is 18.5. The predicted octanol–water partition coefficient (Wildman–Crippen LogP) is 2.97. The molecule has 1 fully saturated rings. The molecule has 1 aliphatic rings. The number of carbonyl (C=O) groups is 1. The number of nitrogens with zero attached hydrogens (tertiary/aromatic N) is 2. The standard InChI is InChI=1S/C20H27N3O3/c1-12-13(2)18(25-4)6-5-16(12)20-22-17(14(3)26-20)11-23-9-7-15(8-10-23)19(21)24/h5-6,15H,7-11H2,1-4H3,(H2,21,24). The minimum absolute atomic E-state index is 0.00476. The summed E-state index contributed by atoms with van der Waals surface area (Å²) < 4.78 is 11.3. The van der Waals surface area contributed by atoms with E-state index in [1.54, 1.807) is 7.11 Å².